The van der Waals surface area contributed by atoms with Crippen molar-refractivity contribution in [2.75, 3.05) is 25.9 Å². The van der Waals surface area contributed by atoms with Crippen molar-refractivity contribution in [3.63, 3.8) is 0 Å². The number of hydrogen-bond acceptors (Lipinski definition) is 6. The molecule has 3 aromatic rings. The molecule has 4 rings (SSSR count). The van der Waals surface area contributed by atoms with Crippen molar-refractivity contribution in [1.82, 2.24) is 29.2 Å². The van der Waals surface area contributed by atoms with Gasteiger partial charge in [-0.25, -0.2) is 12.7 Å². The van der Waals surface area contributed by atoms with Gasteiger partial charge in [0.25, 0.3) is 5.91 Å². The van der Waals surface area contributed by atoms with E-state index in [4.69, 9.17) is 0 Å². The van der Waals surface area contributed by atoms with Gasteiger partial charge in [0.15, 0.2) is 5.65 Å². The fraction of sp³-hybridized carbons (Fsp3) is 0.368. The number of rotatable bonds is 6. The van der Waals surface area contributed by atoms with Crippen LogP contribution in [0.1, 0.15) is 34.1 Å². The molecule has 0 aromatic carbocycles. The summed E-state index contributed by atoms with van der Waals surface area (Å²) >= 11 is 0. The molecule has 152 valence electrons. The van der Waals surface area contributed by atoms with Gasteiger partial charge in [-0.05, 0) is 36.6 Å². The molecule has 3 aromatic heterocycles. The minimum Gasteiger partial charge on any atom is -0.352 e. The third-order valence-electron chi connectivity index (χ3n) is 5.10. The van der Waals surface area contributed by atoms with Crippen LogP contribution < -0.4 is 5.32 Å². The Kier molecular flexibility index (Phi) is 5.29. The summed E-state index contributed by atoms with van der Waals surface area (Å²) < 4.78 is 26.8. The molecule has 1 N–H and O–H groups in total. The Hall–Kier alpha value is -2.85. The first-order chi connectivity index (χ1) is 13.9. The van der Waals surface area contributed by atoms with Crippen LogP contribution in [0.4, 0.5) is 0 Å². The largest absolute Gasteiger partial charge is 0.352 e. The molecule has 1 atom stereocenters. The summed E-state index contributed by atoms with van der Waals surface area (Å²) in [7, 11) is -3.23. The number of sulfonamides is 1. The summed E-state index contributed by atoms with van der Waals surface area (Å²) in [5.74, 6) is 0.444. The molecule has 0 aliphatic carbocycles. The zero-order chi connectivity index (χ0) is 20.4. The first-order valence-corrected chi connectivity index (χ1v) is 11.2. The second-order valence-electron chi connectivity index (χ2n) is 7.18. The van der Waals surface area contributed by atoms with Gasteiger partial charge in [0, 0.05) is 44.1 Å². The first kappa shape index (κ1) is 19.5. The number of aromatic nitrogens is 4. The van der Waals surface area contributed by atoms with Gasteiger partial charge in [0.2, 0.25) is 10.0 Å². The minimum atomic E-state index is -3.23. The van der Waals surface area contributed by atoms with Crippen molar-refractivity contribution in [3.05, 3.63) is 59.8 Å². The van der Waals surface area contributed by atoms with Crippen molar-refractivity contribution >= 4 is 21.6 Å². The molecule has 1 aliphatic rings. The number of nitrogens with one attached hydrogen (secondary N) is 1. The van der Waals surface area contributed by atoms with E-state index >= 15 is 0 Å². The lowest BCUT2D eigenvalue weighted by Crippen LogP contribution is -2.27. The van der Waals surface area contributed by atoms with E-state index in [1.165, 1.54) is 10.6 Å². The van der Waals surface area contributed by atoms with Gasteiger partial charge in [0.1, 0.15) is 5.82 Å². The zero-order valence-electron chi connectivity index (χ0n) is 16.0. The minimum absolute atomic E-state index is 0.0522. The molecule has 0 radical (unpaired) electrons. The Balaban J connectivity index is 1.47. The van der Waals surface area contributed by atoms with Gasteiger partial charge in [-0.2, -0.15) is 0 Å². The predicted octanol–water partition coefficient (Wildman–Crippen LogP) is 0.846. The molecule has 10 heteroatoms. The Morgan fingerprint density at radius 1 is 1.28 bits per heavy atom. The van der Waals surface area contributed by atoms with E-state index in [1.54, 1.807) is 35.1 Å². The molecular formula is C19H22N6O3S. The van der Waals surface area contributed by atoms with E-state index in [0.717, 1.165) is 5.56 Å². The molecule has 0 bridgehead atoms. The summed E-state index contributed by atoms with van der Waals surface area (Å²) in [6.45, 7) is 1.34. The third-order valence-corrected chi connectivity index (χ3v) is 6.37. The van der Waals surface area contributed by atoms with Gasteiger partial charge in [-0.15, -0.1) is 10.2 Å². The van der Waals surface area contributed by atoms with Crippen LogP contribution >= 0.6 is 0 Å². The lowest BCUT2D eigenvalue weighted by atomic mass is 10.1. The predicted molar refractivity (Wildman–Crippen MR) is 107 cm³/mol. The number of hydrogen-bond donors (Lipinski definition) is 1. The maximum Gasteiger partial charge on any atom is 0.252 e. The summed E-state index contributed by atoms with van der Waals surface area (Å²) in [5.41, 5.74) is 2.19. The molecule has 4 heterocycles. The molecular weight excluding hydrogens is 392 g/mol. The quantitative estimate of drug-likeness (QED) is 0.640. The van der Waals surface area contributed by atoms with Gasteiger partial charge >= 0.3 is 0 Å². The van der Waals surface area contributed by atoms with E-state index in [2.05, 4.69) is 20.5 Å². The highest BCUT2D eigenvalue weighted by Gasteiger charge is 2.32. The maximum atomic E-state index is 12.5. The second-order valence-corrected chi connectivity index (χ2v) is 9.16. The monoisotopic (exact) mass is 414 g/mol. The van der Waals surface area contributed by atoms with Crippen molar-refractivity contribution in [1.29, 1.82) is 0 Å². The Morgan fingerprint density at radius 3 is 2.86 bits per heavy atom. The smallest absolute Gasteiger partial charge is 0.252 e. The van der Waals surface area contributed by atoms with Crippen LogP contribution in [0.2, 0.25) is 0 Å². The highest BCUT2D eigenvalue weighted by Crippen LogP contribution is 2.27. The van der Waals surface area contributed by atoms with Gasteiger partial charge in [-0.3, -0.25) is 14.2 Å². The molecule has 1 fully saturated rings. The molecule has 0 spiro atoms. The van der Waals surface area contributed by atoms with Crippen LogP contribution in [0.25, 0.3) is 5.65 Å². The standard InChI is InChI=1S/C19H22N6O3S/c1-29(27,28)24-10-7-15(12-24)18-23-22-17-5-4-16(13-25(17)18)19(26)21-9-6-14-3-2-8-20-11-14/h2-5,8,11,13,15H,6-7,9-10,12H2,1H3,(H,21,26)/t15-/m0/s1. The molecule has 29 heavy (non-hydrogen) atoms. The highest BCUT2D eigenvalue weighted by molar-refractivity contribution is 7.88. The highest BCUT2D eigenvalue weighted by atomic mass is 32.2. The van der Waals surface area contributed by atoms with Crippen molar-refractivity contribution in [2.45, 2.75) is 18.8 Å². The molecule has 9 nitrogen and oxygen atoms in total. The SMILES string of the molecule is CS(=O)(=O)N1CC[C@H](c2nnc3ccc(C(=O)NCCc4cccnc4)cn23)C1. The number of fused-ring (bicyclic) bond motifs is 1. The molecule has 1 amide bonds. The molecule has 1 aliphatic heterocycles. The maximum absolute atomic E-state index is 12.5. The second kappa shape index (κ2) is 7.88. The molecule has 0 unspecified atom stereocenters. The van der Waals surface area contributed by atoms with Crippen molar-refractivity contribution < 1.29 is 13.2 Å². The fourth-order valence-electron chi connectivity index (χ4n) is 3.53. The fourth-order valence-corrected chi connectivity index (χ4v) is 4.42. The first-order valence-electron chi connectivity index (χ1n) is 9.39. The molecule has 1 saturated heterocycles. The van der Waals surface area contributed by atoms with Gasteiger partial charge in [0.05, 0.1) is 11.8 Å². The van der Waals surface area contributed by atoms with E-state index in [1.807, 2.05) is 12.1 Å². The Bertz CT molecular complexity index is 1130. The Morgan fingerprint density at radius 2 is 2.14 bits per heavy atom. The van der Waals surface area contributed by atoms with Crippen LogP contribution in [0.5, 0.6) is 0 Å². The van der Waals surface area contributed by atoms with E-state index in [9.17, 15) is 13.2 Å². The number of carbonyl (C=O) groups is 1. The summed E-state index contributed by atoms with van der Waals surface area (Å²) in [5, 5.41) is 11.3. The van der Waals surface area contributed by atoms with Gasteiger partial charge < -0.3 is 5.32 Å². The van der Waals surface area contributed by atoms with Crippen LogP contribution in [-0.4, -0.2) is 64.1 Å². The lowest BCUT2D eigenvalue weighted by molar-refractivity contribution is 0.0953. The summed E-state index contributed by atoms with van der Waals surface area (Å²) in [6, 6.07) is 7.29. The Labute approximate surface area is 168 Å². The zero-order valence-corrected chi connectivity index (χ0v) is 16.8. The van der Waals surface area contributed by atoms with Crippen molar-refractivity contribution in [3.8, 4) is 0 Å². The van der Waals surface area contributed by atoms with Crippen LogP contribution in [0, 0.1) is 0 Å². The van der Waals surface area contributed by atoms with Crippen LogP contribution in [0.15, 0.2) is 42.9 Å². The summed E-state index contributed by atoms with van der Waals surface area (Å²) in [4.78, 5) is 16.6. The van der Waals surface area contributed by atoms with E-state index in [0.29, 0.717) is 49.5 Å². The van der Waals surface area contributed by atoms with E-state index in [-0.39, 0.29) is 11.8 Å². The van der Waals surface area contributed by atoms with Crippen LogP contribution in [-0.2, 0) is 16.4 Å². The topological polar surface area (TPSA) is 110 Å². The number of nitrogens with zero attached hydrogens (tertiary/aromatic N) is 5. The number of amides is 1. The normalized spacial score (nSPS) is 17.6. The van der Waals surface area contributed by atoms with Crippen LogP contribution in [0.3, 0.4) is 0 Å². The lowest BCUT2D eigenvalue weighted by Gasteiger charge is -2.12. The van der Waals surface area contributed by atoms with Crippen molar-refractivity contribution in [2.24, 2.45) is 0 Å². The average molecular weight is 414 g/mol. The number of carbonyl (C=O) groups excluding carboxylic acids is 1. The summed E-state index contributed by atoms with van der Waals surface area (Å²) in [6.07, 6.45) is 7.80. The number of pyridine rings is 2. The van der Waals surface area contributed by atoms with E-state index < -0.39 is 10.0 Å². The average Bonchev–Trinajstić information content (AvgIpc) is 3.35. The third kappa shape index (κ3) is 4.28. The molecule has 0 saturated carbocycles. The van der Waals surface area contributed by atoms with Gasteiger partial charge in [-0.1, -0.05) is 6.07 Å².